The zero-order valence-corrected chi connectivity index (χ0v) is 15.0. The van der Waals surface area contributed by atoms with Crippen molar-refractivity contribution < 1.29 is 4.74 Å². The molecule has 1 fully saturated rings. The summed E-state index contributed by atoms with van der Waals surface area (Å²) in [6, 6.07) is 0.538. The second-order valence-electron chi connectivity index (χ2n) is 7.61. The fraction of sp³-hybridized carbons (Fsp3) is 1.00. The monoisotopic (exact) mass is 298 g/mol. The Bertz CT molecular complexity index is 267. The molecule has 0 aromatic carbocycles. The van der Waals surface area contributed by atoms with Crippen molar-refractivity contribution in [3.05, 3.63) is 0 Å². The molecule has 1 aliphatic carbocycles. The molecule has 0 radical (unpaired) electrons. The van der Waals surface area contributed by atoms with Crippen molar-refractivity contribution >= 4 is 0 Å². The minimum absolute atomic E-state index is 0.461. The molecule has 126 valence electrons. The quantitative estimate of drug-likeness (QED) is 0.697. The van der Waals surface area contributed by atoms with Crippen LogP contribution in [0.4, 0.5) is 0 Å². The molecular weight excluding hydrogens is 260 g/mol. The molecule has 0 saturated heterocycles. The Morgan fingerprint density at radius 1 is 1.14 bits per heavy atom. The molecule has 1 rings (SSSR count). The summed E-state index contributed by atoms with van der Waals surface area (Å²) < 4.78 is 5.53. The number of hydrogen-bond donors (Lipinski definition) is 1. The molecule has 0 aromatic rings. The van der Waals surface area contributed by atoms with Gasteiger partial charge >= 0.3 is 0 Å². The Balaban J connectivity index is 2.52. The average molecular weight is 299 g/mol. The van der Waals surface area contributed by atoms with E-state index in [-0.39, 0.29) is 0 Å². The normalized spacial score (nSPS) is 25.3. The Labute approximate surface area is 132 Å². The van der Waals surface area contributed by atoms with Gasteiger partial charge in [-0.15, -0.1) is 0 Å². The van der Waals surface area contributed by atoms with Crippen molar-refractivity contribution in [1.29, 1.82) is 0 Å². The first-order valence-corrected chi connectivity index (χ1v) is 8.95. The molecule has 21 heavy (non-hydrogen) atoms. The number of hydrogen-bond acceptors (Lipinski definition) is 3. The highest BCUT2D eigenvalue weighted by molar-refractivity contribution is 4.87. The van der Waals surface area contributed by atoms with Crippen molar-refractivity contribution in [3.63, 3.8) is 0 Å². The van der Waals surface area contributed by atoms with E-state index in [1.54, 1.807) is 0 Å². The van der Waals surface area contributed by atoms with Gasteiger partial charge in [0.05, 0.1) is 6.61 Å². The molecule has 1 atom stereocenters. The van der Waals surface area contributed by atoms with Crippen LogP contribution in [0.1, 0.15) is 60.3 Å². The maximum Gasteiger partial charge on any atom is 0.0593 e. The zero-order chi connectivity index (χ0) is 15.9. The van der Waals surface area contributed by atoms with Crippen LogP contribution in [0, 0.1) is 17.3 Å². The summed E-state index contributed by atoms with van der Waals surface area (Å²) in [5, 5.41) is 0. The van der Waals surface area contributed by atoms with Crippen LogP contribution in [-0.2, 0) is 4.74 Å². The van der Waals surface area contributed by atoms with Crippen LogP contribution in [0.5, 0.6) is 0 Å². The lowest BCUT2D eigenvalue weighted by Crippen LogP contribution is -2.48. The van der Waals surface area contributed by atoms with E-state index in [2.05, 4.69) is 39.5 Å². The van der Waals surface area contributed by atoms with Gasteiger partial charge < -0.3 is 10.5 Å². The van der Waals surface area contributed by atoms with Crippen LogP contribution in [0.3, 0.4) is 0 Å². The molecule has 1 aliphatic rings. The van der Waals surface area contributed by atoms with Gasteiger partial charge in [0.25, 0.3) is 0 Å². The lowest BCUT2D eigenvalue weighted by molar-refractivity contribution is 0.0568. The van der Waals surface area contributed by atoms with E-state index in [4.69, 9.17) is 10.5 Å². The van der Waals surface area contributed by atoms with Crippen molar-refractivity contribution in [2.45, 2.75) is 66.3 Å². The Kier molecular flexibility index (Phi) is 8.22. The van der Waals surface area contributed by atoms with Crippen molar-refractivity contribution in [2.24, 2.45) is 23.0 Å². The highest BCUT2D eigenvalue weighted by Crippen LogP contribution is 2.41. The maximum atomic E-state index is 6.12. The summed E-state index contributed by atoms with van der Waals surface area (Å²) in [6.45, 7) is 16.0. The highest BCUT2D eigenvalue weighted by Gasteiger charge is 2.34. The van der Waals surface area contributed by atoms with E-state index in [0.29, 0.717) is 11.5 Å². The van der Waals surface area contributed by atoms with Gasteiger partial charge in [0, 0.05) is 25.7 Å². The molecule has 0 aliphatic heterocycles. The first kappa shape index (κ1) is 18.9. The Hall–Kier alpha value is -0.120. The molecule has 1 saturated carbocycles. The minimum atomic E-state index is 0.461. The average Bonchev–Trinajstić information content (AvgIpc) is 2.46. The smallest absolute Gasteiger partial charge is 0.0593 e. The summed E-state index contributed by atoms with van der Waals surface area (Å²) >= 11 is 0. The fourth-order valence-electron chi connectivity index (χ4n) is 3.89. The van der Waals surface area contributed by atoms with Crippen LogP contribution < -0.4 is 5.73 Å². The number of likely N-dealkylation sites (N-methyl/N-ethyl adjacent to an activating group) is 1. The molecule has 0 spiro atoms. The van der Waals surface area contributed by atoms with Gasteiger partial charge in [-0.3, -0.25) is 4.90 Å². The largest absolute Gasteiger partial charge is 0.380 e. The van der Waals surface area contributed by atoms with E-state index in [0.717, 1.165) is 44.7 Å². The third-order valence-corrected chi connectivity index (χ3v) is 5.38. The van der Waals surface area contributed by atoms with Crippen LogP contribution >= 0.6 is 0 Å². The Morgan fingerprint density at radius 2 is 1.76 bits per heavy atom. The van der Waals surface area contributed by atoms with Gasteiger partial charge in [0.1, 0.15) is 0 Å². The molecule has 1 unspecified atom stereocenters. The number of ether oxygens (including phenoxy) is 1. The second kappa shape index (κ2) is 9.12. The number of rotatable bonds is 8. The zero-order valence-electron chi connectivity index (χ0n) is 15.0. The third-order valence-electron chi connectivity index (χ3n) is 5.38. The molecular formula is C18H38N2O. The SMILES string of the molecule is CCOCCN(CC)C(CN)C1CCC(C(C)(C)C)CC1. The van der Waals surface area contributed by atoms with Crippen molar-refractivity contribution in [3.8, 4) is 0 Å². The summed E-state index contributed by atoms with van der Waals surface area (Å²) in [5.74, 6) is 1.65. The maximum absolute atomic E-state index is 6.12. The lowest BCUT2D eigenvalue weighted by Gasteiger charge is -2.42. The third kappa shape index (κ3) is 5.88. The van der Waals surface area contributed by atoms with E-state index in [1.807, 2.05) is 0 Å². The molecule has 0 aromatic heterocycles. The summed E-state index contributed by atoms with van der Waals surface area (Å²) in [5.41, 5.74) is 6.58. The van der Waals surface area contributed by atoms with Gasteiger partial charge in [-0.1, -0.05) is 27.7 Å². The first-order valence-electron chi connectivity index (χ1n) is 8.95. The standard InChI is InChI=1S/C18H38N2O/c1-6-20(12-13-21-7-2)17(14-19)15-8-10-16(11-9-15)18(3,4)5/h15-17H,6-14,19H2,1-5H3. The molecule has 3 heteroatoms. The minimum Gasteiger partial charge on any atom is -0.380 e. The topological polar surface area (TPSA) is 38.5 Å². The van der Waals surface area contributed by atoms with Crippen LogP contribution in [-0.4, -0.2) is 43.8 Å². The highest BCUT2D eigenvalue weighted by atomic mass is 16.5. The van der Waals surface area contributed by atoms with Gasteiger partial charge in [0.15, 0.2) is 0 Å². The Morgan fingerprint density at radius 3 is 2.19 bits per heavy atom. The van der Waals surface area contributed by atoms with E-state index < -0.39 is 0 Å². The van der Waals surface area contributed by atoms with Gasteiger partial charge in [-0.2, -0.15) is 0 Å². The summed E-state index contributed by atoms with van der Waals surface area (Å²) in [6.07, 6.45) is 5.42. The summed E-state index contributed by atoms with van der Waals surface area (Å²) in [7, 11) is 0. The lowest BCUT2D eigenvalue weighted by atomic mass is 9.68. The van der Waals surface area contributed by atoms with Crippen molar-refractivity contribution in [2.75, 3.05) is 32.8 Å². The molecule has 3 nitrogen and oxygen atoms in total. The second-order valence-corrected chi connectivity index (χ2v) is 7.61. The molecule has 2 N–H and O–H groups in total. The van der Waals surface area contributed by atoms with Crippen LogP contribution in [0.25, 0.3) is 0 Å². The predicted octanol–water partition coefficient (Wildman–Crippen LogP) is 3.52. The number of nitrogens with zero attached hydrogens (tertiary/aromatic N) is 1. The van der Waals surface area contributed by atoms with E-state index in [9.17, 15) is 0 Å². The van der Waals surface area contributed by atoms with Crippen LogP contribution in [0.15, 0.2) is 0 Å². The molecule has 0 bridgehead atoms. The van der Waals surface area contributed by atoms with Gasteiger partial charge in [0.2, 0.25) is 0 Å². The molecule has 0 heterocycles. The van der Waals surface area contributed by atoms with Gasteiger partial charge in [-0.25, -0.2) is 0 Å². The predicted molar refractivity (Wildman–Crippen MR) is 91.5 cm³/mol. The number of nitrogens with two attached hydrogens (primary N) is 1. The van der Waals surface area contributed by atoms with Crippen LogP contribution in [0.2, 0.25) is 0 Å². The fourth-order valence-corrected chi connectivity index (χ4v) is 3.89. The summed E-state index contributed by atoms with van der Waals surface area (Å²) in [4.78, 5) is 2.54. The van der Waals surface area contributed by atoms with Gasteiger partial charge in [-0.05, 0) is 56.4 Å². The van der Waals surface area contributed by atoms with E-state index >= 15 is 0 Å². The van der Waals surface area contributed by atoms with E-state index in [1.165, 1.54) is 25.7 Å². The van der Waals surface area contributed by atoms with Crippen molar-refractivity contribution in [1.82, 2.24) is 4.90 Å². The molecule has 0 amide bonds. The first-order chi connectivity index (χ1) is 9.93.